The Hall–Kier alpha value is -0.0800. The molecule has 1 N–H and O–H groups in total. The summed E-state index contributed by atoms with van der Waals surface area (Å²) in [6.45, 7) is 12.3. The molecule has 3 fully saturated rings. The molecule has 2 aliphatic heterocycles. The van der Waals surface area contributed by atoms with Crippen LogP contribution in [0.5, 0.6) is 0 Å². The Kier molecular flexibility index (Phi) is 2.23. The predicted octanol–water partition coefficient (Wildman–Crippen LogP) is 2.25. The third kappa shape index (κ3) is 1.32. The van der Waals surface area contributed by atoms with E-state index >= 15 is 0 Å². The first kappa shape index (κ1) is 11.0. The molecule has 2 heterocycles. The Labute approximate surface area is 99.8 Å². The minimum Gasteiger partial charge on any atom is -0.309 e. The van der Waals surface area contributed by atoms with Crippen LogP contribution in [-0.4, -0.2) is 36.1 Å². The van der Waals surface area contributed by atoms with E-state index in [1.165, 1.54) is 32.4 Å². The summed E-state index contributed by atoms with van der Waals surface area (Å²) in [5.41, 5.74) is 0.970. The molecule has 2 unspecified atom stereocenters. The average Bonchev–Trinajstić information content (AvgIpc) is 2.67. The van der Waals surface area contributed by atoms with E-state index in [-0.39, 0.29) is 0 Å². The number of nitrogens with one attached hydrogen (secondary N) is 1. The summed E-state index contributed by atoms with van der Waals surface area (Å²) >= 11 is 0. The van der Waals surface area contributed by atoms with Gasteiger partial charge in [-0.2, -0.15) is 0 Å². The molecule has 2 heteroatoms. The van der Waals surface area contributed by atoms with Crippen LogP contribution in [0.1, 0.15) is 47.0 Å². The summed E-state index contributed by atoms with van der Waals surface area (Å²) < 4.78 is 0. The highest BCUT2D eigenvalue weighted by Crippen LogP contribution is 2.63. The Balaban J connectivity index is 1.65. The van der Waals surface area contributed by atoms with Gasteiger partial charge in [0.1, 0.15) is 0 Å². The number of rotatable bonds is 2. The van der Waals surface area contributed by atoms with Gasteiger partial charge in [0.05, 0.1) is 0 Å². The molecule has 2 saturated heterocycles. The Morgan fingerprint density at radius 3 is 2.31 bits per heavy atom. The lowest BCUT2D eigenvalue weighted by Crippen LogP contribution is -2.42. The molecule has 92 valence electrons. The number of nitrogens with zero attached hydrogens (tertiary/aromatic N) is 1. The van der Waals surface area contributed by atoms with Crippen LogP contribution in [0.4, 0.5) is 0 Å². The first-order valence-corrected chi connectivity index (χ1v) is 6.95. The maximum absolute atomic E-state index is 3.96. The zero-order valence-electron chi connectivity index (χ0n) is 11.2. The number of hydrogen-bond acceptors (Lipinski definition) is 2. The first-order chi connectivity index (χ1) is 7.44. The Bertz CT molecular complexity index is 281. The van der Waals surface area contributed by atoms with Crippen molar-refractivity contribution >= 4 is 0 Å². The normalized spacial score (nSPS) is 41.2. The maximum atomic E-state index is 3.96. The second-order valence-corrected chi connectivity index (χ2v) is 7.18. The van der Waals surface area contributed by atoms with Crippen LogP contribution in [0, 0.1) is 10.8 Å². The van der Waals surface area contributed by atoms with Crippen molar-refractivity contribution < 1.29 is 0 Å². The van der Waals surface area contributed by atoms with Crippen molar-refractivity contribution in [3.8, 4) is 0 Å². The Morgan fingerprint density at radius 2 is 1.69 bits per heavy atom. The summed E-state index contributed by atoms with van der Waals surface area (Å²) in [5, 5.41) is 3.96. The van der Waals surface area contributed by atoms with Crippen molar-refractivity contribution in [1.29, 1.82) is 0 Å². The lowest BCUT2D eigenvalue weighted by molar-refractivity contribution is 0.293. The van der Waals surface area contributed by atoms with Crippen molar-refractivity contribution in [2.45, 2.75) is 65.1 Å². The van der Waals surface area contributed by atoms with E-state index in [9.17, 15) is 0 Å². The largest absolute Gasteiger partial charge is 0.309 e. The lowest BCUT2D eigenvalue weighted by atomic mass is 10.0. The van der Waals surface area contributed by atoms with Crippen molar-refractivity contribution in [3.05, 3.63) is 0 Å². The van der Waals surface area contributed by atoms with Gasteiger partial charge in [-0.05, 0) is 36.6 Å². The zero-order valence-corrected chi connectivity index (χ0v) is 11.2. The standard InChI is InChI=1S/C14H26N2/c1-13(2)12(14(13,3)4)15-10-7-9-16-8-5-6-11(10)16/h10-12,15H,5-9H2,1-4H3. The predicted molar refractivity (Wildman–Crippen MR) is 67.5 cm³/mol. The molecular weight excluding hydrogens is 196 g/mol. The highest BCUT2D eigenvalue weighted by Gasteiger charge is 2.65. The quantitative estimate of drug-likeness (QED) is 0.771. The molecule has 1 aliphatic carbocycles. The van der Waals surface area contributed by atoms with Gasteiger partial charge in [-0.1, -0.05) is 27.7 Å². The molecule has 3 aliphatic rings. The van der Waals surface area contributed by atoms with Crippen LogP contribution < -0.4 is 5.32 Å². The van der Waals surface area contributed by atoms with Gasteiger partial charge in [-0.3, -0.25) is 4.90 Å². The summed E-state index contributed by atoms with van der Waals surface area (Å²) in [6.07, 6.45) is 4.21. The van der Waals surface area contributed by atoms with E-state index in [0.29, 0.717) is 10.8 Å². The van der Waals surface area contributed by atoms with E-state index < -0.39 is 0 Å². The topological polar surface area (TPSA) is 15.3 Å². The molecule has 16 heavy (non-hydrogen) atoms. The van der Waals surface area contributed by atoms with Crippen LogP contribution in [0.25, 0.3) is 0 Å². The molecule has 0 aromatic rings. The summed E-state index contributed by atoms with van der Waals surface area (Å²) in [6, 6.07) is 2.35. The summed E-state index contributed by atoms with van der Waals surface area (Å²) in [5.74, 6) is 0. The fraction of sp³-hybridized carbons (Fsp3) is 1.00. The fourth-order valence-corrected chi connectivity index (χ4v) is 4.10. The van der Waals surface area contributed by atoms with Crippen molar-refractivity contribution in [2.75, 3.05) is 13.1 Å². The highest BCUT2D eigenvalue weighted by atomic mass is 15.3. The second kappa shape index (κ2) is 3.23. The molecule has 0 bridgehead atoms. The van der Waals surface area contributed by atoms with Crippen molar-refractivity contribution in [1.82, 2.24) is 10.2 Å². The molecule has 2 nitrogen and oxygen atoms in total. The molecule has 3 rings (SSSR count). The average molecular weight is 222 g/mol. The summed E-state index contributed by atoms with van der Waals surface area (Å²) in [7, 11) is 0. The van der Waals surface area contributed by atoms with E-state index in [1.807, 2.05) is 0 Å². The highest BCUT2D eigenvalue weighted by molar-refractivity contribution is 5.19. The minimum atomic E-state index is 0.485. The van der Waals surface area contributed by atoms with E-state index in [4.69, 9.17) is 0 Å². The van der Waals surface area contributed by atoms with Gasteiger partial charge in [0.2, 0.25) is 0 Å². The monoisotopic (exact) mass is 222 g/mol. The third-order valence-corrected chi connectivity index (χ3v) is 6.01. The van der Waals surface area contributed by atoms with Gasteiger partial charge in [-0.25, -0.2) is 0 Å². The molecule has 0 radical (unpaired) electrons. The van der Waals surface area contributed by atoms with E-state index in [2.05, 4.69) is 37.9 Å². The molecule has 2 atom stereocenters. The van der Waals surface area contributed by atoms with Gasteiger partial charge in [-0.15, -0.1) is 0 Å². The molecule has 1 saturated carbocycles. The molecule has 0 aromatic heterocycles. The minimum absolute atomic E-state index is 0.485. The van der Waals surface area contributed by atoms with Crippen LogP contribution >= 0.6 is 0 Å². The maximum Gasteiger partial charge on any atom is 0.0250 e. The number of hydrogen-bond donors (Lipinski definition) is 1. The van der Waals surface area contributed by atoms with Gasteiger partial charge in [0.25, 0.3) is 0 Å². The smallest absolute Gasteiger partial charge is 0.0250 e. The van der Waals surface area contributed by atoms with Gasteiger partial charge >= 0.3 is 0 Å². The van der Waals surface area contributed by atoms with Crippen LogP contribution in [0.15, 0.2) is 0 Å². The fourth-order valence-electron chi connectivity index (χ4n) is 4.10. The molecule has 0 spiro atoms. The van der Waals surface area contributed by atoms with E-state index in [1.54, 1.807) is 0 Å². The first-order valence-electron chi connectivity index (χ1n) is 6.95. The van der Waals surface area contributed by atoms with Crippen LogP contribution in [0.2, 0.25) is 0 Å². The second-order valence-electron chi connectivity index (χ2n) is 7.18. The third-order valence-electron chi connectivity index (χ3n) is 6.01. The lowest BCUT2D eigenvalue weighted by Gasteiger charge is -2.22. The van der Waals surface area contributed by atoms with Crippen LogP contribution in [-0.2, 0) is 0 Å². The number of fused-ring (bicyclic) bond motifs is 1. The molecule has 0 amide bonds. The summed E-state index contributed by atoms with van der Waals surface area (Å²) in [4.78, 5) is 2.69. The van der Waals surface area contributed by atoms with Gasteiger partial charge in [0.15, 0.2) is 0 Å². The van der Waals surface area contributed by atoms with Crippen molar-refractivity contribution in [3.63, 3.8) is 0 Å². The van der Waals surface area contributed by atoms with E-state index in [0.717, 1.165) is 18.1 Å². The molecular formula is C14H26N2. The van der Waals surface area contributed by atoms with Crippen molar-refractivity contribution in [2.24, 2.45) is 10.8 Å². The SMILES string of the molecule is CC1(C)C(NC2CCN3CCCC23)C1(C)C. The zero-order chi connectivity index (χ0) is 11.6. The molecule has 0 aromatic carbocycles. The van der Waals surface area contributed by atoms with Gasteiger partial charge < -0.3 is 5.32 Å². The Morgan fingerprint density at radius 1 is 1.00 bits per heavy atom. The van der Waals surface area contributed by atoms with Gasteiger partial charge in [0, 0.05) is 24.7 Å². The van der Waals surface area contributed by atoms with Crippen LogP contribution in [0.3, 0.4) is 0 Å².